The maximum atomic E-state index is 13.8. The van der Waals surface area contributed by atoms with Crippen LogP contribution in [0.2, 0.25) is 0 Å². The van der Waals surface area contributed by atoms with Gasteiger partial charge in [-0.05, 0) is 48.4 Å². The Morgan fingerprint density at radius 1 is 1.00 bits per heavy atom. The van der Waals surface area contributed by atoms with Crippen LogP contribution in [0.25, 0.3) is 11.0 Å². The number of benzene rings is 2. The highest BCUT2D eigenvalue weighted by Crippen LogP contribution is 2.45. The van der Waals surface area contributed by atoms with E-state index in [1.165, 1.54) is 21.3 Å². The van der Waals surface area contributed by atoms with E-state index in [2.05, 4.69) is 4.98 Å². The van der Waals surface area contributed by atoms with Crippen LogP contribution >= 0.6 is 0 Å². The summed E-state index contributed by atoms with van der Waals surface area (Å²) in [6, 6.07) is 11.8. The third-order valence-electron chi connectivity index (χ3n) is 6.20. The normalized spacial score (nSPS) is 14.8. The van der Waals surface area contributed by atoms with E-state index in [1.54, 1.807) is 47.6 Å². The molecule has 0 radical (unpaired) electrons. The second-order valence-electron chi connectivity index (χ2n) is 8.33. The average Bonchev–Trinajstić information content (AvgIpc) is 3.15. The first-order chi connectivity index (χ1) is 17.0. The zero-order valence-electron chi connectivity index (χ0n) is 19.8. The van der Waals surface area contributed by atoms with E-state index in [1.807, 2.05) is 19.1 Å². The lowest BCUT2D eigenvalue weighted by molar-refractivity contribution is 0.0713. The number of nitrogens with zero attached hydrogens (tertiary/aromatic N) is 2. The van der Waals surface area contributed by atoms with Crippen molar-refractivity contribution in [3.05, 3.63) is 93.1 Å². The molecule has 3 heterocycles. The number of carbonyl (C=O) groups is 1. The molecular weight excluding hydrogens is 448 g/mol. The molecule has 0 spiro atoms. The maximum absolute atomic E-state index is 13.8. The van der Waals surface area contributed by atoms with Crippen molar-refractivity contribution >= 4 is 16.9 Å². The van der Waals surface area contributed by atoms with Crippen LogP contribution in [0.4, 0.5) is 0 Å². The van der Waals surface area contributed by atoms with Gasteiger partial charge in [-0.2, -0.15) is 0 Å². The second-order valence-corrected chi connectivity index (χ2v) is 8.33. The largest absolute Gasteiger partial charge is 0.493 e. The van der Waals surface area contributed by atoms with Crippen molar-refractivity contribution < 1.29 is 23.4 Å². The molecule has 8 nitrogen and oxygen atoms in total. The van der Waals surface area contributed by atoms with E-state index in [9.17, 15) is 9.59 Å². The quantitative estimate of drug-likeness (QED) is 0.414. The van der Waals surface area contributed by atoms with Gasteiger partial charge in [0.25, 0.3) is 5.91 Å². The zero-order chi connectivity index (χ0) is 24.7. The van der Waals surface area contributed by atoms with Crippen LogP contribution < -0.4 is 19.6 Å². The van der Waals surface area contributed by atoms with E-state index in [-0.39, 0.29) is 29.2 Å². The van der Waals surface area contributed by atoms with Crippen molar-refractivity contribution in [3.8, 4) is 17.2 Å². The number of aryl methyl sites for hydroxylation is 1. The van der Waals surface area contributed by atoms with Gasteiger partial charge in [-0.25, -0.2) is 0 Å². The number of hydrogen-bond acceptors (Lipinski definition) is 7. The fourth-order valence-electron chi connectivity index (χ4n) is 4.59. The molecule has 1 amide bonds. The summed E-state index contributed by atoms with van der Waals surface area (Å²) in [5.74, 6) is 0.926. The fraction of sp³-hybridized carbons (Fsp3) is 0.222. The molecule has 1 aliphatic heterocycles. The van der Waals surface area contributed by atoms with Gasteiger partial charge in [-0.3, -0.25) is 14.6 Å². The fourth-order valence-corrected chi connectivity index (χ4v) is 4.59. The number of hydrogen-bond donors (Lipinski definition) is 0. The Bertz CT molecular complexity index is 1470. The van der Waals surface area contributed by atoms with Crippen LogP contribution in [0.5, 0.6) is 17.2 Å². The van der Waals surface area contributed by atoms with E-state index in [0.717, 1.165) is 11.1 Å². The smallest absolute Gasteiger partial charge is 0.291 e. The third-order valence-corrected chi connectivity index (χ3v) is 6.20. The number of carbonyl (C=O) groups excluding carboxylic acids is 1. The van der Waals surface area contributed by atoms with Crippen molar-refractivity contribution in [2.75, 3.05) is 21.3 Å². The molecule has 0 bridgehead atoms. The van der Waals surface area contributed by atoms with Gasteiger partial charge in [-0.15, -0.1) is 0 Å². The van der Waals surface area contributed by atoms with Crippen LogP contribution in [-0.2, 0) is 6.54 Å². The molecule has 1 atom stereocenters. The summed E-state index contributed by atoms with van der Waals surface area (Å²) in [5, 5.41) is 0.428. The highest BCUT2D eigenvalue weighted by molar-refractivity contribution is 5.99. The third kappa shape index (κ3) is 3.67. The van der Waals surface area contributed by atoms with E-state index < -0.39 is 6.04 Å². The number of amides is 1. The molecule has 0 N–H and O–H groups in total. The Labute approximate surface area is 201 Å². The number of ether oxygens (including phenoxy) is 3. The lowest BCUT2D eigenvalue weighted by Gasteiger charge is -2.26. The Balaban J connectivity index is 1.78. The average molecular weight is 472 g/mol. The molecule has 4 aromatic rings. The summed E-state index contributed by atoms with van der Waals surface area (Å²) in [4.78, 5) is 33.2. The van der Waals surface area contributed by atoms with Gasteiger partial charge >= 0.3 is 0 Å². The summed E-state index contributed by atoms with van der Waals surface area (Å²) < 4.78 is 22.6. The monoisotopic (exact) mass is 472 g/mol. The summed E-state index contributed by atoms with van der Waals surface area (Å²) in [6.07, 6.45) is 3.36. The van der Waals surface area contributed by atoms with Gasteiger partial charge in [0.1, 0.15) is 5.58 Å². The first-order valence-corrected chi connectivity index (χ1v) is 11.0. The molecular formula is C27H24N2O6. The molecule has 0 fully saturated rings. The lowest BCUT2D eigenvalue weighted by atomic mass is 9.97. The molecule has 178 valence electrons. The van der Waals surface area contributed by atoms with Gasteiger partial charge in [0.2, 0.25) is 11.5 Å². The van der Waals surface area contributed by atoms with E-state index in [4.69, 9.17) is 18.6 Å². The van der Waals surface area contributed by atoms with Crippen LogP contribution in [0.15, 0.2) is 64.1 Å². The summed E-state index contributed by atoms with van der Waals surface area (Å²) in [6.45, 7) is 2.13. The molecule has 35 heavy (non-hydrogen) atoms. The SMILES string of the molecule is COc1cc([C@@H]2c3c(oc4ccc(C)cc4c3=O)C(=O)N2Cc2cccnc2)cc(OC)c1OC. The van der Waals surface area contributed by atoms with E-state index in [0.29, 0.717) is 33.8 Å². The molecule has 2 aromatic heterocycles. The van der Waals surface area contributed by atoms with Gasteiger partial charge in [-0.1, -0.05) is 17.7 Å². The number of rotatable bonds is 6. The molecule has 5 rings (SSSR count). The summed E-state index contributed by atoms with van der Waals surface area (Å²) in [7, 11) is 4.56. The van der Waals surface area contributed by atoms with Gasteiger partial charge < -0.3 is 23.5 Å². The minimum atomic E-state index is -0.729. The van der Waals surface area contributed by atoms with Crippen LogP contribution in [0.3, 0.4) is 0 Å². The highest BCUT2D eigenvalue weighted by Gasteiger charge is 2.43. The molecule has 0 saturated carbocycles. The van der Waals surface area contributed by atoms with Crippen LogP contribution in [0.1, 0.15) is 38.9 Å². The predicted molar refractivity (Wildman–Crippen MR) is 129 cm³/mol. The van der Waals surface area contributed by atoms with Crippen molar-refractivity contribution in [2.45, 2.75) is 19.5 Å². The van der Waals surface area contributed by atoms with Crippen LogP contribution in [0, 0.1) is 6.92 Å². The van der Waals surface area contributed by atoms with Crippen molar-refractivity contribution in [1.29, 1.82) is 0 Å². The summed E-state index contributed by atoms with van der Waals surface area (Å²) in [5.41, 5.74) is 2.79. The predicted octanol–water partition coefficient (Wildman–Crippen LogP) is 4.27. The van der Waals surface area contributed by atoms with Gasteiger partial charge in [0, 0.05) is 18.9 Å². The van der Waals surface area contributed by atoms with Crippen LogP contribution in [-0.4, -0.2) is 37.1 Å². The summed E-state index contributed by atoms with van der Waals surface area (Å²) >= 11 is 0. The molecule has 0 saturated heterocycles. The number of aromatic nitrogens is 1. The maximum Gasteiger partial charge on any atom is 0.291 e. The number of fused-ring (bicyclic) bond motifs is 2. The molecule has 2 aromatic carbocycles. The standard InChI is InChI=1S/C27H24N2O6/c1-15-7-8-19-18(10-15)24(30)22-23(17-11-20(32-2)25(34-4)21(12-17)33-3)29(27(31)26(22)35-19)14-16-6-5-9-28-13-16/h5-13,23H,14H2,1-4H3/t23-/m1/s1. The Hall–Kier alpha value is -4.33. The minimum Gasteiger partial charge on any atom is -0.493 e. The molecule has 8 heteroatoms. The lowest BCUT2D eigenvalue weighted by Crippen LogP contribution is -2.29. The topological polar surface area (TPSA) is 91.1 Å². The molecule has 0 aliphatic carbocycles. The Morgan fingerprint density at radius 2 is 1.74 bits per heavy atom. The zero-order valence-corrected chi connectivity index (χ0v) is 19.8. The van der Waals surface area contributed by atoms with E-state index >= 15 is 0 Å². The second kappa shape index (κ2) is 8.79. The minimum absolute atomic E-state index is 0.0361. The Kier molecular flexibility index (Phi) is 5.64. The van der Waals surface area contributed by atoms with Crippen molar-refractivity contribution in [1.82, 2.24) is 9.88 Å². The first-order valence-electron chi connectivity index (χ1n) is 11.0. The first kappa shape index (κ1) is 22.5. The number of pyridine rings is 1. The van der Waals surface area contributed by atoms with Gasteiger partial charge in [0.05, 0.1) is 38.3 Å². The Morgan fingerprint density at radius 3 is 2.37 bits per heavy atom. The molecule has 0 unspecified atom stereocenters. The van der Waals surface area contributed by atoms with Gasteiger partial charge in [0.15, 0.2) is 16.9 Å². The van der Waals surface area contributed by atoms with Crippen molar-refractivity contribution in [3.63, 3.8) is 0 Å². The highest BCUT2D eigenvalue weighted by atomic mass is 16.5. The van der Waals surface area contributed by atoms with Crippen molar-refractivity contribution in [2.24, 2.45) is 0 Å². The molecule has 1 aliphatic rings. The number of methoxy groups -OCH3 is 3.